The lowest BCUT2D eigenvalue weighted by molar-refractivity contribution is -0.130. The molecule has 3 rings (SSSR count). The molecular weight excluding hydrogens is 369 g/mol. The number of carbonyl (C=O) groups is 2. The predicted octanol–water partition coefficient (Wildman–Crippen LogP) is 4.25. The lowest BCUT2D eigenvalue weighted by atomic mass is 10.1. The molecule has 0 spiro atoms. The van der Waals surface area contributed by atoms with Crippen LogP contribution in [0.4, 0.5) is 4.39 Å². The highest BCUT2D eigenvalue weighted by Crippen LogP contribution is 2.19. The molecule has 0 bridgehead atoms. The monoisotopic (exact) mass is 393 g/mol. The highest BCUT2D eigenvalue weighted by Gasteiger charge is 2.18. The van der Waals surface area contributed by atoms with E-state index in [0.717, 1.165) is 22.6 Å². The molecule has 0 aliphatic carbocycles. The van der Waals surface area contributed by atoms with Crippen LogP contribution < -0.4 is 0 Å². The third kappa shape index (κ3) is 4.77. The Bertz CT molecular complexity index is 1010. The van der Waals surface area contributed by atoms with Gasteiger partial charge in [-0.25, -0.2) is 9.07 Å². The molecule has 150 valence electrons. The second-order valence-corrected chi connectivity index (χ2v) is 7.08. The first-order valence-electron chi connectivity index (χ1n) is 9.50. The molecule has 2 aromatic carbocycles. The molecule has 0 aliphatic rings. The van der Waals surface area contributed by atoms with Crippen molar-refractivity contribution in [1.29, 1.82) is 0 Å². The molecule has 1 aromatic heterocycles. The van der Waals surface area contributed by atoms with Crippen molar-refractivity contribution >= 4 is 11.7 Å². The summed E-state index contributed by atoms with van der Waals surface area (Å²) in [5.41, 5.74) is 4.23. The lowest BCUT2D eigenvalue weighted by Gasteiger charge is -2.17. The van der Waals surface area contributed by atoms with Crippen molar-refractivity contribution in [3.8, 4) is 5.69 Å². The van der Waals surface area contributed by atoms with Crippen LogP contribution in [0.3, 0.4) is 0 Å². The molecule has 1 heterocycles. The van der Waals surface area contributed by atoms with E-state index in [1.165, 1.54) is 24.3 Å². The number of aromatic nitrogens is 2. The summed E-state index contributed by atoms with van der Waals surface area (Å²) in [6, 6.07) is 15.2. The van der Waals surface area contributed by atoms with E-state index in [4.69, 9.17) is 0 Å². The molecule has 29 heavy (non-hydrogen) atoms. The molecule has 6 heteroatoms. The Morgan fingerprint density at radius 2 is 1.66 bits per heavy atom. The predicted molar refractivity (Wildman–Crippen MR) is 109 cm³/mol. The van der Waals surface area contributed by atoms with Gasteiger partial charge in [0.05, 0.1) is 11.4 Å². The topological polar surface area (TPSA) is 55.2 Å². The molecule has 0 aliphatic heterocycles. The van der Waals surface area contributed by atoms with Gasteiger partial charge in [0.15, 0.2) is 5.78 Å². The quantitative estimate of drug-likeness (QED) is 0.564. The highest BCUT2D eigenvalue weighted by atomic mass is 19.1. The molecule has 0 saturated carbocycles. The molecule has 5 nitrogen and oxygen atoms in total. The summed E-state index contributed by atoms with van der Waals surface area (Å²) >= 11 is 0. The Labute approximate surface area is 169 Å². The van der Waals surface area contributed by atoms with E-state index in [0.29, 0.717) is 12.1 Å². The van der Waals surface area contributed by atoms with E-state index < -0.39 is 0 Å². The number of para-hydroxylation sites is 1. The zero-order valence-electron chi connectivity index (χ0n) is 16.9. The minimum absolute atomic E-state index is 0.0933. The highest BCUT2D eigenvalue weighted by molar-refractivity contribution is 5.97. The molecule has 0 atom stereocenters. The number of aryl methyl sites for hydroxylation is 1. The lowest BCUT2D eigenvalue weighted by Crippen LogP contribution is -2.27. The summed E-state index contributed by atoms with van der Waals surface area (Å²) < 4.78 is 14.8. The van der Waals surface area contributed by atoms with Crippen LogP contribution in [0.1, 0.15) is 40.2 Å². The van der Waals surface area contributed by atoms with Crippen LogP contribution in [-0.4, -0.2) is 33.4 Å². The number of ketones is 1. The van der Waals surface area contributed by atoms with Gasteiger partial charge < -0.3 is 4.90 Å². The van der Waals surface area contributed by atoms with E-state index in [-0.39, 0.29) is 30.3 Å². The second kappa shape index (κ2) is 8.82. The maximum atomic E-state index is 13.0. The molecule has 0 N–H and O–H groups in total. The van der Waals surface area contributed by atoms with E-state index in [1.54, 1.807) is 11.9 Å². The fourth-order valence-corrected chi connectivity index (χ4v) is 3.24. The van der Waals surface area contributed by atoms with Crippen LogP contribution in [-0.2, 0) is 11.3 Å². The van der Waals surface area contributed by atoms with Gasteiger partial charge in [0.2, 0.25) is 5.91 Å². The van der Waals surface area contributed by atoms with Crippen LogP contribution in [0.25, 0.3) is 5.69 Å². The molecule has 0 fully saturated rings. The molecule has 0 radical (unpaired) electrons. The van der Waals surface area contributed by atoms with E-state index in [9.17, 15) is 14.0 Å². The average Bonchev–Trinajstić information content (AvgIpc) is 3.01. The van der Waals surface area contributed by atoms with Gasteiger partial charge in [-0.1, -0.05) is 18.2 Å². The number of carbonyl (C=O) groups excluding carboxylic acids is 2. The van der Waals surface area contributed by atoms with Crippen molar-refractivity contribution in [2.75, 3.05) is 7.05 Å². The van der Waals surface area contributed by atoms with Crippen molar-refractivity contribution in [1.82, 2.24) is 14.7 Å². The van der Waals surface area contributed by atoms with Crippen LogP contribution >= 0.6 is 0 Å². The van der Waals surface area contributed by atoms with Crippen molar-refractivity contribution in [2.24, 2.45) is 0 Å². The van der Waals surface area contributed by atoms with Gasteiger partial charge in [0.25, 0.3) is 0 Å². The van der Waals surface area contributed by atoms with Crippen molar-refractivity contribution in [2.45, 2.75) is 33.2 Å². The zero-order chi connectivity index (χ0) is 21.0. The minimum atomic E-state index is -0.390. The smallest absolute Gasteiger partial charge is 0.223 e. The first-order chi connectivity index (χ1) is 13.9. The van der Waals surface area contributed by atoms with Gasteiger partial charge >= 0.3 is 0 Å². The summed E-state index contributed by atoms with van der Waals surface area (Å²) in [6.07, 6.45) is 0.202. The summed E-state index contributed by atoms with van der Waals surface area (Å²) in [4.78, 5) is 26.3. The minimum Gasteiger partial charge on any atom is -0.341 e. The Kier molecular flexibility index (Phi) is 6.22. The summed E-state index contributed by atoms with van der Waals surface area (Å²) in [5, 5.41) is 4.61. The van der Waals surface area contributed by atoms with E-state index in [2.05, 4.69) is 5.10 Å². The summed E-state index contributed by atoms with van der Waals surface area (Å²) in [6.45, 7) is 4.34. The zero-order valence-corrected chi connectivity index (χ0v) is 16.9. The normalized spacial score (nSPS) is 10.8. The first kappa shape index (κ1) is 20.5. The molecular formula is C23H24FN3O2. The third-order valence-electron chi connectivity index (χ3n) is 5.00. The number of halogens is 1. The van der Waals surface area contributed by atoms with Gasteiger partial charge in [-0.05, 0) is 50.2 Å². The SMILES string of the molecule is Cc1nn(-c2ccccc2)c(C)c1CN(C)C(=O)CCC(=O)c1ccc(F)cc1. The number of hydrogen-bond donors (Lipinski definition) is 0. The number of benzene rings is 2. The van der Waals surface area contributed by atoms with Crippen LogP contribution in [0.15, 0.2) is 54.6 Å². The van der Waals surface area contributed by atoms with Crippen molar-refractivity contribution < 1.29 is 14.0 Å². The largest absolute Gasteiger partial charge is 0.341 e. The van der Waals surface area contributed by atoms with Crippen LogP contribution in [0, 0.1) is 19.7 Å². The van der Waals surface area contributed by atoms with Gasteiger partial charge in [-0.2, -0.15) is 5.10 Å². The Morgan fingerprint density at radius 1 is 1.00 bits per heavy atom. The molecule has 0 unspecified atom stereocenters. The fraction of sp³-hybridized carbons (Fsp3) is 0.261. The maximum Gasteiger partial charge on any atom is 0.223 e. The van der Waals surface area contributed by atoms with Crippen molar-refractivity contribution in [3.05, 3.63) is 82.9 Å². The molecule has 3 aromatic rings. The Hall–Kier alpha value is -3.28. The number of amides is 1. The standard InChI is InChI=1S/C23H24FN3O2/c1-16-21(17(2)27(25-16)20-7-5-4-6-8-20)15-26(3)23(29)14-13-22(28)18-9-11-19(24)12-10-18/h4-12H,13-15H2,1-3H3. The maximum absolute atomic E-state index is 13.0. The average molecular weight is 393 g/mol. The second-order valence-electron chi connectivity index (χ2n) is 7.08. The number of nitrogens with zero attached hydrogens (tertiary/aromatic N) is 3. The van der Waals surface area contributed by atoms with Gasteiger partial charge in [0.1, 0.15) is 5.82 Å². The van der Waals surface area contributed by atoms with E-state index in [1.807, 2.05) is 48.9 Å². The number of hydrogen-bond acceptors (Lipinski definition) is 3. The number of Topliss-reactive ketones (excluding diaryl/α,β-unsaturated/α-hetero) is 1. The summed E-state index contributed by atoms with van der Waals surface area (Å²) in [7, 11) is 1.73. The van der Waals surface area contributed by atoms with Crippen LogP contribution in [0.5, 0.6) is 0 Å². The Morgan fingerprint density at radius 3 is 2.31 bits per heavy atom. The van der Waals surface area contributed by atoms with E-state index >= 15 is 0 Å². The van der Waals surface area contributed by atoms with Crippen LogP contribution in [0.2, 0.25) is 0 Å². The fourth-order valence-electron chi connectivity index (χ4n) is 3.24. The third-order valence-corrected chi connectivity index (χ3v) is 5.00. The van der Waals surface area contributed by atoms with Gasteiger partial charge in [0, 0.05) is 43.3 Å². The van der Waals surface area contributed by atoms with Crippen molar-refractivity contribution in [3.63, 3.8) is 0 Å². The first-order valence-corrected chi connectivity index (χ1v) is 9.50. The van der Waals surface area contributed by atoms with Gasteiger partial charge in [-0.15, -0.1) is 0 Å². The van der Waals surface area contributed by atoms with Gasteiger partial charge in [-0.3, -0.25) is 9.59 Å². The summed E-state index contributed by atoms with van der Waals surface area (Å²) in [5.74, 6) is -0.679. The number of rotatable bonds is 7. The molecule has 1 amide bonds. The molecule has 0 saturated heterocycles. The Balaban J connectivity index is 1.63.